The zero-order valence-electron chi connectivity index (χ0n) is 10.9. The standard InChI is InChI=1S/C14H13Br3O4/c15-9-5-10(16)12(11(17)6-9)21-14(20)8-3-1-7(2-4-8)13(18)19/h5-8H,1-4H2,(H,18,19). The topological polar surface area (TPSA) is 63.6 Å². The molecule has 21 heavy (non-hydrogen) atoms. The Morgan fingerprint density at radius 1 is 1.00 bits per heavy atom. The molecule has 114 valence electrons. The van der Waals surface area contributed by atoms with Crippen molar-refractivity contribution in [3.63, 3.8) is 0 Å². The highest BCUT2D eigenvalue weighted by atomic mass is 79.9. The third kappa shape index (κ3) is 4.29. The molecule has 0 bridgehead atoms. The van der Waals surface area contributed by atoms with Crippen LogP contribution in [0.15, 0.2) is 25.6 Å². The Labute approximate surface area is 147 Å². The number of carboxylic acids is 1. The number of hydrogen-bond acceptors (Lipinski definition) is 3. The van der Waals surface area contributed by atoms with E-state index in [1.54, 1.807) is 12.1 Å². The second-order valence-corrected chi connectivity index (χ2v) is 7.63. The zero-order valence-corrected chi connectivity index (χ0v) is 15.7. The Bertz CT molecular complexity index is 542. The summed E-state index contributed by atoms with van der Waals surface area (Å²) in [5, 5.41) is 8.96. The molecule has 2 rings (SSSR count). The average molecular weight is 485 g/mol. The van der Waals surface area contributed by atoms with Gasteiger partial charge in [0.15, 0.2) is 5.75 Å². The van der Waals surface area contributed by atoms with Crippen molar-refractivity contribution in [3.8, 4) is 5.75 Å². The van der Waals surface area contributed by atoms with Gasteiger partial charge in [-0.3, -0.25) is 9.59 Å². The monoisotopic (exact) mass is 482 g/mol. The van der Waals surface area contributed by atoms with Crippen molar-refractivity contribution in [2.75, 3.05) is 0 Å². The SMILES string of the molecule is O=C(O)C1CCC(C(=O)Oc2c(Br)cc(Br)cc2Br)CC1. The van der Waals surface area contributed by atoms with Crippen LogP contribution < -0.4 is 4.74 Å². The molecular formula is C14H13Br3O4. The van der Waals surface area contributed by atoms with Crippen LogP contribution in [0.1, 0.15) is 25.7 Å². The Morgan fingerprint density at radius 2 is 1.48 bits per heavy atom. The first-order valence-corrected chi connectivity index (χ1v) is 8.85. The first kappa shape index (κ1) is 17.0. The molecule has 1 fully saturated rings. The third-order valence-corrected chi connectivity index (χ3v) is 5.21. The highest BCUT2D eigenvalue weighted by Crippen LogP contribution is 2.38. The van der Waals surface area contributed by atoms with Gasteiger partial charge in [0.25, 0.3) is 0 Å². The summed E-state index contributed by atoms with van der Waals surface area (Å²) in [7, 11) is 0. The lowest BCUT2D eigenvalue weighted by molar-refractivity contribution is -0.146. The van der Waals surface area contributed by atoms with Gasteiger partial charge in [-0.05, 0) is 69.7 Å². The normalized spacial score (nSPS) is 21.9. The fourth-order valence-electron chi connectivity index (χ4n) is 2.39. The molecule has 0 aliphatic heterocycles. The molecule has 1 saturated carbocycles. The van der Waals surface area contributed by atoms with Gasteiger partial charge in [-0.2, -0.15) is 0 Å². The molecule has 1 aromatic rings. The number of carbonyl (C=O) groups is 2. The molecule has 0 amide bonds. The van der Waals surface area contributed by atoms with Gasteiger partial charge in [0.2, 0.25) is 0 Å². The molecular weight excluding hydrogens is 472 g/mol. The number of benzene rings is 1. The molecule has 4 nitrogen and oxygen atoms in total. The molecule has 0 spiro atoms. The van der Waals surface area contributed by atoms with Crippen LogP contribution in [0.3, 0.4) is 0 Å². The molecule has 0 unspecified atom stereocenters. The van der Waals surface area contributed by atoms with Crippen LogP contribution in [0, 0.1) is 11.8 Å². The van der Waals surface area contributed by atoms with Gasteiger partial charge >= 0.3 is 11.9 Å². The molecule has 1 aliphatic carbocycles. The van der Waals surface area contributed by atoms with Crippen molar-refractivity contribution >= 4 is 59.7 Å². The van der Waals surface area contributed by atoms with Crippen LogP contribution in [-0.2, 0) is 9.59 Å². The van der Waals surface area contributed by atoms with Gasteiger partial charge in [0.1, 0.15) is 0 Å². The van der Waals surface area contributed by atoms with Crippen LogP contribution >= 0.6 is 47.8 Å². The summed E-state index contributed by atoms with van der Waals surface area (Å²) in [6.45, 7) is 0. The summed E-state index contributed by atoms with van der Waals surface area (Å²) in [6, 6.07) is 3.60. The minimum Gasteiger partial charge on any atom is -0.481 e. The van der Waals surface area contributed by atoms with Crippen LogP contribution in [0.4, 0.5) is 0 Å². The number of esters is 1. The number of carboxylic acid groups (broad SMARTS) is 1. The number of halogens is 3. The Balaban J connectivity index is 2.01. The lowest BCUT2D eigenvalue weighted by atomic mass is 9.82. The number of carbonyl (C=O) groups excluding carboxylic acids is 1. The van der Waals surface area contributed by atoms with E-state index in [0.717, 1.165) is 4.47 Å². The van der Waals surface area contributed by atoms with E-state index in [2.05, 4.69) is 47.8 Å². The summed E-state index contributed by atoms with van der Waals surface area (Å²) >= 11 is 10.1. The highest BCUT2D eigenvalue weighted by molar-refractivity contribution is 9.11. The van der Waals surface area contributed by atoms with Crippen LogP contribution in [0.2, 0.25) is 0 Å². The van der Waals surface area contributed by atoms with Crippen molar-refractivity contribution in [2.45, 2.75) is 25.7 Å². The average Bonchev–Trinajstić information content (AvgIpc) is 2.42. The molecule has 0 radical (unpaired) electrons. The van der Waals surface area contributed by atoms with E-state index in [-0.39, 0.29) is 17.8 Å². The predicted octanol–water partition coefficient (Wildman–Crippen LogP) is 4.77. The van der Waals surface area contributed by atoms with E-state index >= 15 is 0 Å². The maximum Gasteiger partial charge on any atom is 0.314 e. The molecule has 0 atom stereocenters. The summed E-state index contributed by atoms with van der Waals surface area (Å²) < 4.78 is 7.68. The van der Waals surface area contributed by atoms with Gasteiger partial charge in [0, 0.05) is 4.47 Å². The zero-order chi connectivity index (χ0) is 15.6. The summed E-state index contributed by atoms with van der Waals surface area (Å²) in [5.74, 6) is -1.20. The van der Waals surface area contributed by atoms with Gasteiger partial charge < -0.3 is 9.84 Å². The highest BCUT2D eigenvalue weighted by Gasteiger charge is 2.31. The molecule has 1 N–H and O–H groups in total. The second kappa shape index (κ2) is 7.24. The van der Waals surface area contributed by atoms with Crippen LogP contribution in [0.25, 0.3) is 0 Å². The van der Waals surface area contributed by atoms with E-state index in [0.29, 0.717) is 40.4 Å². The number of aliphatic carboxylic acids is 1. The van der Waals surface area contributed by atoms with Gasteiger partial charge in [-0.15, -0.1) is 0 Å². The van der Waals surface area contributed by atoms with Crippen molar-refractivity contribution in [1.82, 2.24) is 0 Å². The van der Waals surface area contributed by atoms with Crippen molar-refractivity contribution in [2.24, 2.45) is 11.8 Å². The number of hydrogen-bond donors (Lipinski definition) is 1. The summed E-state index contributed by atoms with van der Waals surface area (Å²) in [5.41, 5.74) is 0. The maximum atomic E-state index is 12.2. The molecule has 0 saturated heterocycles. The fraction of sp³-hybridized carbons (Fsp3) is 0.429. The molecule has 1 aliphatic rings. The number of rotatable bonds is 3. The van der Waals surface area contributed by atoms with E-state index in [9.17, 15) is 9.59 Å². The molecule has 1 aromatic carbocycles. The first-order valence-electron chi connectivity index (χ1n) is 6.47. The first-order chi connectivity index (χ1) is 9.88. The quantitative estimate of drug-likeness (QED) is 0.496. The van der Waals surface area contributed by atoms with Crippen molar-refractivity contribution < 1.29 is 19.4 Å². The van der Waals surface area contributed by atoms with Crippen LogP contribution in [0.5, 0.6) is 5.75 Å². The van der Waals surface area contributed by atoms with Gasteiger partial charge in [-0.25, -0.2) is 0 Å². The smallest absolute Gasteiger partial charge is 0.314 e. The molecule has 7 heteroatoms. The Kier molecular flexibility index (Phi) is 5.85. The Morgan fingerprint density at radius 3 is 1.95 bits per heavy atom. The largest absolute Gasteiger partial charge is 0.481 e. The minimum absolute atomic E-state index is 0.233. The predicted molar refractivity (Wildman–Crippen MR) is 88.3 cm³/mol. The van der Waals surface area contributed by atoms with E-state index in [4.69, 9.17) is 9.84 Å². The lowest BCUT2D eigenvalue weighted by Gasteiger charge is -2.24. The van der Waals surface area contributed by atoms with E-state index < -0.39 is 5.97 Å². The van der Waals surface area contributed by atoms with Crippen molar-refractivity contribution in [1.29, 1.82) is 0 Å². The van der Waals surface area contributed by atoms with E-state index in [1.165, 1.54) is 0 Å². The molecule has 0 aromatic heterocycles. The number of ether oxygens (including phenoxy) is 1. The second-order valence-electron chi connectivity index (χ2n) is 5.01. The van der Waals surface area contributed by atoms with Crippen molar-refractivity contribution in [3.05, 3.63) is 25.6 Å². The van der Waals surface area contributed by atoms with Gasteiger partial charge in [0.05, 0.1) is 20.8 Å². The van der Waals surface area contributed by atoms with E-state index in [1.807, 2.05) is 0 Å². The summed E-state index contributed by atoms with van der Waals surface area (Å²) in [4.78, 5) is 23.1. The summed E-state index contributed by atoms with van der Waals surface area (Å²) in [6.07, 6.45) is 2.17. The Hall–Kier alpha value is -0.400. The minimum atomic E-state index is -0.778. The van der Waals surface area contributed by atoms with Crippen LogP contribution in [-0.4, -0.2) is 17.0 Å². The third-order valence-electron chi connectivity index (χ3n) is 3.58. The fourth-order valence-corrected chi connectivity index (χ4v) is 4.81. The molecule has 0 heterocycles. The van der Waals surface area contributed by atoms with Gasteiger partial charge in [-0.1, -0.05) is 15.9 Å². The maximum absolute atomic E-state index is 12.2. The lowest BCUT2D eigenvalue weighted by Crippen LogP contribution is -2.28.